The predicted molar refractivity (Wildman–Crippen MR) is 75.8 cm³/mol. The van der Waals surface area contributed by atoms with Crippen molar-refractivity contribution in [2.24, 2.45) is 0 Å². The Hall–Kier alpha value is -1.39. The van der Waals surface area contributed by atoms with E-state index in [1.165, 1.54) is 6.07 Å². The van der Waals surface area contributed by atoms with E-state index < -0.39 is 11.9 Å². The minimum absolute atomic E-state index is 0.282. The van der Waals surface area contributed by atoms with Crippen molar-refractivity contribution in [3.8, 4) is 5.75 Å². The predicted octanol–water partition coefficient (Wildman–Crippen LogP) is 4.07. The van der Waals surface area contributed by atoms with E-state index in [2.05, 4.69) is 15.9 Å². The van der Waals surface area contributed by atoms with E-state index in [1.807, 2.05) is 13.0 Å². The maximum Gasteiger partial charge on any atom is 0.137 e. The van der Waals surface area contributed by atoms with Crippen LogP contribution < -0.4 is 4.74 Å². The van der Waals surface area contributed by atoms with Gasteiger partial charge in [-0.15, -0.1) is 0 Å². The maximum absolute atomic E-state index is 13.5. The number of hydrogen-bond donors (Lipinski definition) is 1. The van der Waals surface area contributed by atoms with Crippen molar-refractivity contribution in [2.75, 3.05) is 6.61 Å². The first-order valence-electron chi connectivity index (χ1n) is 5.98. The Morgan fingerprint density at radius 3 is 2.74 bits per heavy atom. The van der Waals surface area contributed by atoms with Crippen molar-refractivity contribution >= 4 is 15.9 Å². The van der Waals surface area contributed by atoms with Gasteiger partial charge in [-0.25, -0.2) is 4.39 Å². The minimum Gasteiger partial charge on any atom is -0.494 e. The van der Waals surface area contributed by atoms with Gasteiger partial charge in [-0.3, -0.25) is 0 Å². The molecular formula is C15H14BrFO2. The summed E-state index contributed by atoms with van der Waals surface area (Å²) < 4.78 is 19.1. The first-order valence-corrected chi connectivity index (χ1v) is 6.77. The third-order valence-corrected chi connectivity index (χ3v) is 3.60. The summed E-state index contributed by atoms with van der Waals surface area (Å²) in [6.45, 7) is 2.45. The summed E-state index contributed by atoms with van der Waals surface area (Å²) in [7, 11) is 0. The lowest BCUT2D eigenvalue weighted by Gasteiger charge is -2.14. The second-order valence-corrected chi connectivity index (χ2v) is 4.84. The molecule has 0 aliphatic carbocycles. The summed E-state index contributed by atoms with van der Waals surface area (Å²) in [5, 5.41) is 10.3. The Kier molecular flexibility index (Phi) is 4.56. The number of hydrogen-bond acceptors (Lipinski definition) is 2. The molecule has 0 bridgehead atoms. The van der Waals surface area contributed by atoms with Gasteiger partial charge in [-0.1, -0.05) is 24.3 Å². The molecule has 0 aromatic heterocycles. The average Bonchev–Trinajstić information content (AvgIpc) is 2.42. The summed E-state index contributed by atoms with van der Waals surface area (Å²) in [4.78, 5) is 0. The van der Waals surface area contributed by atoms with Gasteiger partial charge in [0.05, 0.1) is 11.1 Å². The number of benzene rings is 2. The van der Waals surface area contributed by atoms with E-state index in [4.69, 9.17) is 4.74 Å². The van der Waals surface area contributed by atoms with Crippen molar-refractivity contribution in [2.45, 2.75) is 13.0 Å². The zero-order valence-corrected chi connectivity index (χ0v) is 12.0. The molecule has 0 saturated carbocycles. The Morgan fingerprint density at radius 2 is 2.00 bits per heavy atom. The van der Waals surface area contributed by atoms with Crippen molar-refractivity contribution in [3.63, 3.8) is 0 Å². The molecule has 2 rings (SSSR count). The van der Waals surface area contributed by atoms with Crippen LogP contribution in [0, 0.1) is 5.82 Å². The van der Waals surface area contributed by atoms with Gasteiger partial charge < -0.3 is 9.84 Å². The molecule has 0 aliphatic rings. The molecule has 1 unspecified atom stereocenters. The topological polar surface area (TPSA) is 29.5 Å². The van der Waals surface area contributed by atoms with Crippen LogP contribution in [0.3, 0.4) is 0 Å². The van der Waals surface area contributed by atoms with Crippen LogP contribution in [-0.4, -0.2) is 11.7 Å². The molecule has 2 nitrogen and oxygen atoms in total. The molecule has 0 saturated heterocycles. The minimum atomic E-state index is -0.898. The molecule has 19 heavy (non-hydrogen) atoms. The average molecular weight is 325 g/mol. The zero-order valence-electron chi connectivity index (χ0n) is 10.4. The highest BCUT2D eigenvalue weighted by molar-refractivity contribution is 9.10. The van der Waals surface area contributed by atoms with Crippen LogP contribution >= 0.6 is 15.9 Å². The van der Waals surface area contributed by atoms with E-state index >= 15 is 0 Å². The molecule has 4 heteroatoms. The molecule has 100 valence electrons. The molecule has 0 heterocycles. The lowest BCUT2D eigenvalue weighted by atomic mass is 10.0. The molecule has 2 aromatic rings. The molecule has 0 aliphatic heterocycles. The second-order valence-electron chi connectivity index (χ2n) is 4.05. The number of aliphatic hydroxyl groups excluding tert-OH is 1. The highest BCUT2D eigenvalue weighted by Crippen LogP contribution is 2.31. The van der Waals surface area contributed by atoms with Gasteiger partial charge in [0.2, 0.25) is 0 Å². The van der Waals surface area contributed by atoms with Gasteiger partial charge in [0.1, 0.15) is 17.7 Å². The lowest BCUT2D eigenvalue weighted by molar-refractivity contribution is 0.218. The van der Waals surface area contributed by atoms with E-state index in [1.54, 1.807) is 30.3 Å². The number of halogens is 2. The molecule has 1 N–H and O–H groups in total. The summed E-state index contributed by atoms with van der Waals surface area (Å²) in [6, 6.07) is 11.8. The van der Waals surface area contributed by atoms with Gasteiger partial charge in [-0.05, 0) is 46.6 Å². The van der Waals surface area contributed by atoms with Crippen LogP contribution in [0.25, 0.3) is 0 Å². The highest BCUT2D eigenvalue weighted by atomic mass is 79.9. The smallest absolute Gasteiger partial charge is 0.137 e. The van der Waals surface area contributed by atoms with Crippen LogP contribution in [0.4, 0.5) is 4.39 Å². The van der Waals surface area contributed by atoms with E-state index in [0.717, 1.165) is 0 Å². The van der Waals surface area contributed by atoms with Crippen molar-refractivity contribution < 1.29 is 14.2 Å². The summed E-state index contributed by atoms with van der Waals surface area (Å²) >= 11 is 3.16. The Balaban J connectivity index is 2.35. The lowest BCUT2D eigenvalue weighted by Crippen LogP contribution is -2.02. The van der Waals surface area contributed by atoms with Crippen LogP contribution in [-0.2, 0) is 0 Å². The normalized spacial score (nSPS) is 12.2. The van der Waals surface area contributed by atoms with Gasteiger partial charge in [0.15, 0.2) is 0 Å². The first-order chi connectivity index (χ1) is 9.13. The standard InChI is InChI=1S/C15H14BrFO2/c1-2-19-11-6-3-5-10(9-11)15(18)12-7-4-8-13(17)14(12)16/h3-9,15,18H,2H2,1H3. The maximum atomic E-state index is 13.5. The molecule has 1 atom stereocenters. The third-order valence-electron chi connectivity index (χ3n) is 2.76. The number of rotatable bonds is 4. The van der Waals surface area contributed by atoms with Crippen molar-refractivity contribution in [3.05, 3.63) is 63.9 Å². The molecule has 0 spiro atoms. The third kappa shape index (κ3) is 3.14. The number of ether oxygens (including phenoxy) is 1. The first kappa shape index (κ1) is 14.0. The van der Waals surface area contributed by atoms with Crippen molar-refractivity contribution in [1.29, 1.82) is 0 Å². The largest absolute Gasteiger partial charge is 0.494 e. The van der Waals surface area contributed by atoms with Gasteiger partial charge in [-0.2, -0.15) is 0 Å². The SMILES string of the molecule is CCOc1cccc(C(O)c2cccc(F)c2Br)c1. The Morgan fingerprint density at radius 1 is 1.26 bits per heavy atom. The van der Waals surface area contributed by atoms with Crippen LogP contribution in [0.1, 0.15) is 24.2 Å². The highest BCUT2D eigenvalue weighted by Gasteiger charge is 2.16. The molecular weight excluding hydrogens is 311 g/mol. The number of aliphatic hydroxyl groups is 1. The van der Waals surface area contributed by atoms with E-state index in [9.17, 15) is 9.50 Å². The van der Waals surface area contributed by atoms with Crippen molar-refractivity contribution in [1.82, 2.24) is 0 Å². The zero-order chi connectivity index (χ0) is 13.8. The molecule has 0 fully saturated rings. The fourth-order valence-electron chi connectivity index (χ4n) is 1.85. The molecule has 2 aromatic carbocycles. The van der Waals surface area contributed by atoms with Gasteiger partial charge in [0.25, 0.3) is 0 Å². The molecule has 0 amide bonds. The van der Waals surface area contributed by atoms with E-state index in [-0.39, 0.29) is 4.47 Å². The van der Waals surface area contributed by atoms with Gasteiger partial charge in [0, 0.05) is 5.56 Å². The Bertz CT molecular complexity index is 572. The monoisotopic (exact) mass is 324 g/mol. The summed E-state index contributed by atoms with van der Waals surface area (Å²) in [6.07, 6.45) is -0.898. The summed E-state index contributed by atoms with van der Waals surface area (Å²) in [5.41, 5.74) is 1.16. The molecule has 0 radical (unpaired) electrons. The Labute approximate surface area is 120 Å². The fraction of sp³-hybridized carbons (Fsp3) is 0.200. The second kappa shape index (κ2) is 6.17. The van der Waals surface area contributed by atoms with Crippen LogP contribution in [0.5, 0.6) is 5.75 Å². The van der Waals surface area contributed by atoms with Crippen LogP contribution in [0.15, 0.2) is 46.9 Å². The fourth-order valence-corrected chi connectivity index (χ4v) is 2.33. The summed E-state index contributed by atoms with van der Waals surface area (Å²) in [5.74, 6) is 0.295. The van der Waals surface area contributed by atoms with E-state index in [0.29, 0.717) is 23.5 Å². The van der Waals surface area contributed by atoms with Gasteiger partial charge >= 0.3 is 0 Å². The van der Waals surface area contributed by atoms with Crippen LogP contribution in [0.2, 0.25) is 0 Å². The quantitative estimate of drug-likeness (QED) is 0.918.